The van der Waals surface area contributed by atoms with Gasteiger partial charge in [-0.05, 0) is 49.1 Å². The van der Waals surface area contributed by atoms with E-state index in [0.29, 0.717) is 11.3 Å². The number of rotatable bonds is 7. The maximum absolute atomic E-state index is 13.0. The van der Waals surface area contributed by atoms with Crippen LogP contribution in [-0.2, 0) is 16.1 Å². The second-order valence-corrected chi connectivity index (χ2v) is 7.42. The molecule has 0 spiro atoms. The lowest BCUT2D eigenvalue weighted by Crippen LogP contribution is -2.45. The maximum atomic E-state index is 13.0. The number of aromatic carboxylic acids is 1. The van der Waals surface area contributed by atoms with Gasteiger partial charge in [-0.3, -0.25) is 4.79 Å². The van der Waals surface area contributed by atoms with Gasteiger partial charge in [-0.1, -0.05) is 43.2 Å². The van der Waals surface area contributed by atoms with Gasteiger partial charge in [0, 0.05) is 11.7 Å². The van der Waals surface area contributed by atoms with E-state index < -0.39 is 12.1 Å². The SMILES string of the molecule is Cc1cc(C(=O)O)ccc1N(C(=O)CNC(=O)OCc1ccccc1)C1CCCC1. The summed E-state index contributed by atoms with van der Waals surface area (Å²) in [5, 5.41) is 11.7. The van der Waals surface area contributed by atoms with Crippen molar-refractivity contribution in [2.24, 2.45) is 0 Å². The van der Waals surface area contributed by atoms with Crippen molar-refractivity contribution in [3.8, 4) is 0 Å². The van der Waals surface area contributed by atoms with E-state index in [9.17, 15) is 19.5 Å². The number of alkyl carbamates (subject to hydrolysis) is 1. The summed E-state index contributed by atoms with van der Waals surface area (Å²) in [6.07, 6.45) is 3.17. The molecule has 0 bridgehead atoms. The molecule has 0 radical (unpaired) electrons. The summed E-state index contributed by atoms with van der Waals surface area (Å²) < 4.78 is 5.17. The number of nitrogens with zero attached hydrogens (tertiary/aromatic N) is 1. The van der Waals surface area contributed by atoms with Crippen molar-refractivity contribution < 1.29 is 24.2 Å². The molecule has 0 atom stereocenters. The lowest BCUT2D eigenvalue weighted by molar-refractivity contribution is -0.118. The first-order valence-electron chi connectivity index (χ1n) is 10.1. The second-order valence-electron chi connectivity index (χ2n) is 7.42. The van der Waals surface area contributed by atoms with E-state index in [1.54, 1.807) is 24.0 Å². The molecule has 3 rings (SSSR count). The summed E-state index contributed by atoms with van der Waals surface area (Å²) in [6.45, 7) is 1.73. The van der Waals surface area contributed by atoms with Gasteiger partial charge in [0.15, 0.2) is 0 Å². The Kier molecular flexibility index (Phi) is 7.06. The van der Waals surface area contributed by atoms with Crippen LogP contribution in [0.3, 0.4) is 0 Å². The zero-order chi connectivity index (χ0) is 21.5. The van der Waals surface area contributed by atoms with E-state index in [4.69, 9.17) is 4.74 Å². The molecule has 158 valence electrons. The lowest BCUT2D eigenvalue weighted by atomic mass is 10.1. The molecule has 1 fully saturated rings. The maximum Gasteiger partial charge on any atom is 0.407 e. The van der Waals surface area contributed by atoms with Crippen molar-refractivity contribution in [2.75, 3.05) is 11.4 Å². The molecule has 0 aliphatic heterocycles. The van der Waals surface area contributed by atoms with Crippen molar-refractivity contribution in [2.45, 2.75) is 45.3 Å². The lowest BCUT2D eigenvalue weighted by Gasteiger charge is -2.30. The molecule has 2 aromatic carbocycles. The molecule has 1 aliphatic carbocycles. The molecule has 1 saturated carbocycles. The standard InChI is InChI=1S/C23H26N2O5/c1-16-13-18(22(27)28)11-12-20(16)25(19-9-5-6-10-19)21(26)14-24-23(29)30-15-17-7-3-2-4-8-17/h2-4,7-8,11-13,19H,5-6,9-10,14-15H2,1H3,(H,24,29)(H,27,28). The van der Waals surface area contributed by atoms with Gasteiger partial charge in [-0.15, -0.1) is 0 Å². The Hall–Kier alpha value is -3.35. The molecule has 0 heterocycles. The van der Waals surface area contributed by atoms with Gasteiger partial charge in [-0.2, -0.15) is 0 Å². The van der Waals surface area contributed by atoms with Crippen LogP contribution in [0.1, 0.15) is 47.2 Å². The van der Waals surface area contributed by atoms with Gasteiger partial charge in [0.25, 0.3) is 0 Å². The highest BCUT2D eigenvalue weighted by molar-refractivity contribution is 5.98. The molecule has 30 heavy (non-hydrogen) atoms. The molecular weight excluding hydrogens is 384 g/mol. The van der Waals surface area contributed by atoms with Crippen LogP contribution in [0.2, 0.25) is 0 Å². The van der Waals surface area contributed by atoms with Crippen LogP contribution in [0, 0.1) is 6.92 Å². The summed E-state index contributed by atoms with van der Waals surface area (Å²) in [7, 11) is 0. The van der Waals surface area contributed by atoms with Crippen LogP contribution in [-0.4, -0.2) is 35.7 Å². The Balaban J connectivity index is 1.66. The summed E-state index contributed by atoms with van der Waals surface area (Å²) in [5.74, 6) is -1.25. The Morgan fingerprint density at radius 1 is 1.10 bits per heavy atom. The number of ether oxygens (including phenoxy) is 1. The van der Waals surface area contributed by atoms with Gasteiger partial charge < -0.3 is 20.1 Å². The van der Waals surface area contributed by atoms with Crippen LogP contribution < -0.4 is 10.2 Å². The van der Waals surface area contributed by atoms with Gasteiger partial charge in [0.1, 0.15) is 13.2 Å². The molecule has 0 aromatic heterocycles. The molecular formula is C23H26N2O5. The summed E-state index contributed by atoms with van der Waals surface area (Å²) >= 11 is 0. The Bertz CT molecular complexity index is 907. The summed E-state index contributed by atoms with van der Waals surface area (Å²) in [6, 6.07) is 14.1. The van der Waals surface area contributed by atoms with E-state index >= 15 is 0 Å². The fourth-order valence-electron chi connectivity index (χ4n) is 3.76. The molecule has 7 heteroatoms. The fraction of sp³-hybridized carbons (Fsp3) is 0.348. The predicted octanol–water partition coefficient (Wildman–Crippen LogP) is 3.90. The van der Waals surface area contributed by atoms with Gasteiger partial charge in [0.2, 0.25) is 5.91 Å². The van der Waals surface area contributed by atoms with Gasteiger partial charge >= 0.3 is 12.1 Å². The first-order valence-corrected chi connectivity index (χ1v) is 10.1. The number of carbonyl (C=O) groups is 3. The van der Waals surface area contributed by atoms with Crippen molar-refractivity contribution >= 4 is 23.7 Å². The van der Waals surface area contributed by atoms with Gasteiger partial charge in [-0.25, -0.2) is 9.59 Å². The highest BCUT2D eigenvalue weighted by Crippen LogP contribution is 2.31. The molecule has 2 aromatic rings. The number of hydrogen-bond donors (Lipinski definition) is 2. The molecule has 1 aliphatic rings. The van der Waals surface area contributed by atoms with Crippen LogP contribution in [0.4, 0.5) is 10.5 Å². The number of hydrogen-bond acceptors (Lipinski definition) is 4. The average molecular weight is 410 g/mol. The third kappa shape index (κ3) is 5.37. The first kappa shape index (κ1) is 21.4. The zero-order valence-electron chi connectivity index (χ0n) is 17.0. The van der Waals surface area contributed by atoms with Crippen LogP contribution in [0.15, 0.2) is 48.5 Å². The first-order chi connectivity index (χ1) is 14.5. The predicted molar refractivity (Wildman–Crippen MR) is 113 cm³/mol. The van der Waals surface area contributed by atoms with E-state index in [0.717, 1.165) is 31.2 Å². The van der Waals surface area contributed by atoms with Crippen molar-refractivity contribution in [3.63, 3.8) is 0 Å². The summed E-state index contributed by atoms with van der Waals surface area (Å²) in [4.78, 5) is 38.0. The number of carboxylic acid groups (broad SMARTS) is 1. The second kappa shape index (κ2) is 9.91. The van der Waals surface area contributed by atoms with Crippen molar-refractivity contribution in [1.82, 2.24) is 5.32 Å². The normalized spacial score (nSPS) is 13.6. The van der Waals surface area contributed by atoms with Crippen LogP contribution >= 0.6 is 0 Å². The number of carboxylic acids is 1. The van der Waals surface area contributed by atoms with Crippen molar-refractivity contribution in [3.05, 3.63) is 65.2 Å². The summed E-state index contributed by atoms with van der Waals surface area (Å²) in [5.41, 5.74) is 2.43. The highest BCUT2D eigenvalue weighted by atomic mass is 16.5. The average Bonchev–Trinajstić information content (AvgIpc) is 3.27. The zero-order valence-corrected chi connectivity index (χ0v) is 17.0. The van der Waals surface area contributed by atoms with Gasteiger partial charge in [0.05, 0.1) is 5.56 Å². The molecule has 0 unspecified atom stereocenters. The monoisotopic (exact) mass is 410 g/mol. The number of benzene rings is 2. The van der Waals surface area contributed by atoms with E-state index in [2.05, 4.69) is 5.32 Å². The number of carbonyl (C=O) groups excluding carboxylic acids is 2. The van der Waals surface area contributed by atoms with E-state index in [-0.39, 0.29) is 30.7 Å². The smallest absolute Gasteiger partial charge is 0.407 e. The van der Waals surface area contributed by atoms with Crippen molar-refractivity contribution in [1.29, 1.82) is 0 Å². The highest BCUT2D eigenvalue weighted by Gasteiger charge is 2.29. The topological polar surface area (TPSA) is 95.9 Å². The Labute approximate surface area is 175 Å². The quantitative estimate of drug-likeness (QED) is 0.722. The molecule has 2 amide bonds. The molecule has 2 N–H and O–H groups in total. The number of nitrogens with one attached hydrogen (secondary N) is 1. The largest absolute Gasteiger partial charge is 0.478 e. The third-order valence-electron chi connectivity index (χ3n) is 5.26. The Morgan fingerprint density at radius 3 is 2.43 bits per heavy atom. The van der Waals surface area contributed by atoms with Crippen LogP contribution in [0.25, 0.3) is 0 Å². The number of amides is 2. The third-order valence-corrected chi connectivity index (χ3v) is 5.26. The Morgan fingerprint density at radius 2 is 1.80 bits per heavy atom. The molecule has 0 saturated heterocycles. The van der Waals surface area contributed by atoms with E-state index in [1.807, 2.05) is 30.3 Å². The number of aryl methyl sites for hydroxylation is 1. The molecule has 7 nitrogen and oxygen atoms in total. The fourth-order valence-corrected chi connectivity index (χ4v) is 3.76. The van der Waals surface area contributed by atoms with E-state index in [1.165, 1.54) is 6.07 Å². The van der Waals surface area contributed by atoms with Crippen LogP contribution in [0.5, 0.6) is 0 Å². The minimum Gasteiger partial charge on any atom is -0.478 e. The minimum atomic E-state index is -1.01. The number of anilines is 1. The minimum absolute atomic E-state index is 0.0361.